The van der Waals surface area contributed by atoms with E-state index in [1.54, 1.807) is 24.3 Å². The van der Waals surface area contributed by atoms with Gasteiger partial charge in [0.2, 0.25) is 0 Å². The fourth-order valence-electron chi connectivity index (χ4n) is 3.06. The standard InChI is InChI=1S/C20H21ClO7/c1-2-27-12-6-3-10(4-7-12)15(22)13-9-11(5-8-14(13)21)19-17(24)16(23)18(25)20(26)28-19/h3-9,16-20,23-26H,2H2,1H3/t16-,17-,18+,19+,20?/m1/s1. The summed E-state index contributed by atoms with van der Waals surface area (Å²) in [6.07, 6.45) is -7.55. The van der Waals surface area contributed by atoms with Crippen LogP contribution in [-0.2, 0) is 4.74 Å². The Hall–Kier alpha value is -2.00. The summed E-state index contributed by atoms with van der Waals surface area (Å²) in [6.45, 7) is 2.37. The van der Waals surface area contributed by atoms with Gasteiger partial charge < -0.3 is 29.9 Å². The molecular formula is C20H21ClO7. The molecule has 0 aromatic heterocycles. The smallest absolute Gasteiger partial charge is 0.194 e. The largest absolute Gasteiger partial charge is 0.494 e. The SMILES string of the molecule is CCOc1ccc(C(=O)c2cc([C@@H]3OC(O)[C@@H](O)[C@H](O)[C@H]3O)ccc2Cl)cc1. The van der Waals surface area contributed by atoms with E-state index < -0.39 is 30.7 Å². The molecule has 3 rings (SSSR count). The minimum Gasteiger partial charge on any atom is -0.494 e. The fourth-order valence-corrected chi connectivity index (χ4v) is 3.26. The molecule has 0 amide bonds. The van der Waals surface area contributed by atoms with E-state index in [0.717, 1.165) is 0 Å². The zero-order valence-electron chi connectivity index (χ0n) is 15.0. The topological polar surface area (TPSA) is 116 Å². The molecule has 1 saturated heterocycles. The van der Waals surface area contributed by atoms with Crippen molar-refractivity contribution in [2.24, 2.45) is 0 Å². The van der Waals surface area contributed by atoms with E-state index in [1.807, 2.05) is 6.92 Å². The molecule has 2 aromatic carbocycles. The molecule has 8 heteroatoms. The molecule has 1 aliphatic heterocycles. The Kier molecular flexibility index (Phi) is 6.34. The lowest BCUT2D eigenvalue weighted by molar-refractivity contribution is -0.284. The zero-order valence-corrected chi connectivity index (χ0v) is 15.8. The van der Waals surface area contributed by atoms with Crippen molar-refractivity contribution in [3.05, 3.63) is 64.2 Å². The number of benzene rings is 2. The lowest BCUT2D eigenvalue weighted by Gasteiger charge is -2.38. The molecule has 1 aliphatic rings. The van der Waals surface area contributed by atoms with Crippen LogP contribution in [0.3, 0.4) is 0 Å². The highest BCUT2D eigenvalue weighted by molar-refractivity contribution is 6.35. The van der Waals surface area contributed by atoms with Crippen LogP contribution in [0.15, 0.2) is 42.5 Å². The van der Waals surface area contributed by atoms with Gasteiger partial charge in [-0.25, -0.2) is 0 Å². The zero-order chi connectivity index (χ0) is 20.4. The maximum atomic E-state index is 12.9. The minimum atomic E-state index is -1.68. The number of ether oxygens (including phenoxy) is 2. The second kappa shape index (κ2) is 8.57. The highest BCUT2D eigenvalue weighted by Gasteiger charge is 2.43. The maximum Gasteiger partial charge on any atom is 0.194 e. The minimum absolute atomic E-state index is 0.175. The van der Waals surface area contributed by atoms with Gasteiger partial charge >= 0.3 is 0 Å². The van der Waals surface area contributed by atoms with Crippen molar-refractivity contribution in [3.63, 3.8) is 0 Å². The van der Waals surface area contributed by atoms with E-state index >= 15 is 0 Å². The molecule has 4 N–H and O–H groups in total. The molecule has 0 spiro atoms. The van der Waals surface area contributed by atoms with Gasteiger partial charge in [0.25, 0.3) is 0 Å². The van der Waals surface area contributed by atoms with Crippen LogP contribution in [0.5, 0.6) is 5.75 Å². The Morgan fingerprint density at radius 3 is 2.36 bits per heavy atom. The summed E-state index contributed by atoms with van der Waals surface area (Å²) in [4.78, 5) is 12.9. The van der Waals surface area contributed by atoms with E-state index in [4.69, 9.17) is 21.1 Å². The summed E-state index contributed by atoms with van der Waals surface area (Å²) >= 11 is 6.19. The third kappa shape index (κ3) is 4.05. The average Bonchev–Trinajstić information content (AvgIpc) is 2.70. The first-order chi connectivity index (χ1) is 13.3. The summed E-state index contributed by atoms with van der Waals surface area (Å²) in [6, 6.07) is 11.0. The summed E-state index contributed by atoms with van der Waals surface area (Å²) in [5.41, 5.74) is 0.897. The Morgan fingerprint density at radius 2 is 1.71 bits per heavy atom. The van der Waals surface area contributed by atoms with Gasteiger partial charge in [0.05, 0.1) is 11.6 Å². The molecule has 0 bridgehead atoms. The van der Waals surface area contributed by atoms with E-state index in [9.17, 15) is 25.2 Å². The van der Waals surface area contributed by atoms with Crippen LogP contribution in [0.2, 0.25) is 5.02 Å². The van der Waals surface area contributed by atoms with E-state index in [1.165, 1.54) is 18.2 Å². The van der Waals surface area contributed by atoms with Gasteiger partial charge in [-0.15, -0.1) is 0 Å². The lowest BCUT2D eigenvalue weighted by atomic mass is 9.92. The lowest BCUT2D eigenvalue weighted by Crippen LogP contribution is -2.54. The van der Waals surface area contributed by atoms with Crippen molar-refractivity contribution < 1.29 is 34.7 Å². The quantitative estimate of drug-likeness (QED) is 0.553. The summed E-state index contributed by atoms with van der Waals surface area (Å²) < 4.78 is 10.6. The Labute approximate surface area is 166 Å². The summed E-state index contributed by atoms with van der Waals surface area (Å²) in [5.74, 6) is 0.292. The van der Waals surface area contributed by atoms with Gasteiger partial charge in [0, 0.05) is 11.1 Å². The predicted molar refractivity (Wildman–Crippen MR) is 100 cm³/mol. The van der Waals surface area contributed by atoms with Gasteiger partial charge in [0.1, 0.15) is 30.2 Å². The second-order valence-electron chi connectivity index (χ2n) is 6.44. The van der Waals surface area contributed by atoms with Gasteiger partial charge in [0.15, 0.2) is 12.1 Å². The first-order valence-electron chi connectivity index (χ1n) is 8.78. The summed E-state index contributed by atoms with van der Waals surface area (Å²) in [7, 11) is 0. The van der Waals surface area contributed by atoms with Gasteiger partial charge in [-0.2, -0.15) is 0 Å². The van der Waals surface area contributed by atoms with E-state index in [0.29, 0.717) is 23.5 Å². The third-order valence-corrected chi connectivity index (χ3v) is 4.91. The van der Waals surface area contributed by atoms with Gasteiger partial charge in [-0.05, 0) is 48.9 Å². The Morgan fingerprint density at radius 1 is 1.04 bits per heavy atom. The van der Waals surface area contributed by atoms with Crippen molar-refractivity contribution in [1.29, 1.82) is 0 Å². The van der Waals surface area contributed by atoms with Crippen molar-refractivity contribution >= 4 is 17.4 Å². The molecule has 1 unspecified atom stereocenters. The predicted octanol–water partition coefficient (Wildman–Crippen LogP) is 1.44. The molecule has 28 heavy (non-hydrogen) atoms. The van der Waals surface area contributed by atoms with Crippen molar-refractivity contribution in [3.8, 4) is 5.75 Å². The third-order valence-electron chi connectivity index (χ3n) is 4.58. The van der Waals surface area contributed by atoms with Crippen molar-refractivity contribution in [1.82, 2.24) is 0 Å². The van der Waals surface area contributed by atoms with Crippen molar-refractivity contribution in [2.75, 3.05) is 6.61 Å². The molecule has 0 radical (unpaired) electrons. The second-order valence-corrected chi connectivity index (χ2v) is 6.85. The van der Waals surface area contributed by atoms with Crippen LogP contribution in [0.4, 0.5) is 0 Å². The Balaban J connectivity index is 1.90. The molecule has 2 aromatic rings. The highest BCUT2D eigenvalue weighted by atomic mass is 35.5. The number of hydrogen-bond acceptors (Lipinski definition) is 7. The van der Waals surface area contributed by atoms with Crippen LogP contribution < -0.4 is 4.74 Å². The monoisotopic (exact) mass is 408 g/mol. The Bertz CT molecular complexity index is 839. The van der Waals surface area contributed by atoms with Crippen LogP contribution in [0, 0.1) is 0 Å². The molecular weight excluding hydrogens is 388 g/mol. The molecule has 0 aliphatic carbocycles. The van der Waals surface area contributed by atoms with Gasteiger partial charge in [-0.1, -0.05) is 17.7 Å². The number of aliphatic hydroxyl groups excluding tert-OH is 4. The van der Waals surface area contributed by atoms with E-state index in [-0.39, 0.29) is 16.4 Å². The fraction of sp³-hybridized carbons (Fsp3) is 0.350. The van der Waals surface area contributed by atoms with Gasteiger partial charge in [-0.3, -0.25) is 4.79 Å². The number of ketones is 1. The average molecular weight is 409 g/mol. The highest BCUT2D eigenvalue weighted by Crippen LogP contribution is 2.34. The van der Waals surface area contributed by atoms with Crippen molar-refractivity contribution in [2.45, 2.75) is 37.6 Å². The molecule has 1 heterocycles. The summed E-state index contributed by atoms with van der Waals surface area (Å²) in [5, 5.41) is 39.6. The molecule has 1 fully saturated rings. The van der Waals surface area contributed by atoms with Crippen LogP contribution >= 0.6 is 11.6 Å². The van der Waals surface area contributed by atoms with Crippen LogP contribution in [0.1, 0.15) is 34.5 Å². The maximum absolute atomic E-state index is 12.9. The number of hydrogen-bond donors (Lipinski definition) is 4. The normalized spacial score (nSPS) is 27.4. The molecule has 150 valence electrons. The first-order valence-corrected chi connectivity index (χ1v) is 9.16. The molecule has 0 saturated carbocycles. The van der Waals surface area contributed by atoms with E-state index in [2.05, 4.69) is 0 Å². The number of aliphatic hydroxyl groups is 4. The number of rotatable bonds is 5. The molecule has 5 atom stereocenters. The number of halogens is 1. The number of carbonyl (C=O) groups excluding carboxylic acids is 1. The molecule has 7 nitrogen and oxygen atoms in total. The first kappa shape index (κ1) is 20.7. The van der Waals surface area contributed by atoms with Crippen LogP contribution in [0.25, 0.3) is 0 Å². The number of carbonyl (C=O) groups is 1. The van der Waals surface area contributed by atoms with Crippen LogP contribution in [-0.4, -0.2) is 57.4 Å².